The van der Waals surface area contributed by atoms with Crippen molar-refractivity contribution < 1.29 is 28.9 Å². The Balaban J connectivity index is 1.77. The Morgan fingerprint density at radius 2 is 1.62 bits per heavy atom. The molecular formula is C29H36N2O6. The fourth-order valence-electron chi connectivity index (χ4n) is 4.84. The number of amides is 1. The van der Waals surface area contributed by atoms with Gasteiger partial charge in [-0.2, -0.15) is 0 Å². The van der Waals surface area contributed by atoms with Crippen LogP contribution in [0.4, 0.5) is 0 Å². The molecule has 0 spiro atoms. The van der Waals surface area contributed by atoms with Crippen molar-refractivity contribution >= 4 is 17.4 Å². The molecule has 8 heteroatoms. The lowest BCUT2D eigenvalue weighted by molar-refractivity contribution is -0.140. The molecule has 0 aliphatic carbocycles. The lowest BCUT2D eigenvalue weighted by Gasteiger charge is -2.31. The van der Waals surface area contributed by atoms with E-state index in [1.807, 2.05) is 24.3 Å². The fraction of sp³-hybridized carbons (Fsp3) is 0.448. The van der Waals surface area contributed by atoms with Gasteiger partial charge in [-0.05, 0) is 34.7 Å². The summed E-state index contributed by atoms with van der Waals surface area (Å²) in [5.41, 5.74) is 2.32. The maximum Gasteiger partial charge on any atom is 0.295 e. The van der Waals surface area contributed by atoms with Gasteiger partial charge in [0.15, 0.2) is 11.5 Å². The van der Waals surface area contributed by atoms with Crippen molar-refractivity contribution in [3.8, 4) is 11.5 Å². The molecule has 1 N–H and O–H groups in total. The Labute approximate surface area is 218 Å². The van der Waals surface area contributed by atoms with Gasteiger partial charge in [0.1, 0.15) is 5.76 Å². The zero-order chi connectivity index (χ0) is 26.7. The maximum absolute atomic E-state index is 13.4. The molecule has 2 aliphatic rings. The first kappa shape index (κ1) is 26.7. The number of aliphatic hydroxyl groups is 1. The minimum atomic E-state index is -0.705. The van der Waals surface area contributed by atoms with E-state index in [-0.39, 0.29) is 16.7 Å². The fourth-order valence-corrected chi connectivity index (χ4v) is 4.84. The van der Waals surface area contributed by atoms with Crippen molar-refractivity contribution in [1.29, 1.82) is 0 Å². The Morgan fingerprint density at radius 3 is 2.22 bits per heavy atom. The first-order valence-electron chi connectivity index (χ1n) is 12.6. The summed E-state index contributed by atoms with van der Waals surface area (Å²) in [6, 6.07) is 12.1. The van der Waals surface area contributed by atoms with Gasteiger partial charge in [0, 0.05) is 31.7 Å². The van der Waals surface area contributed by atoms with Crippen LogP contribution in [0.1, 0.15) is 43.5 Å². The number of ether oxygens (including phenoxy) is 3. The summed E-state index contributed by atoms with van der Waals surface area (Å²) < 4.78 is 16.1. The summed E-state index contributed by atoms with van der Waals surface area (Å²) >= 11 is 0. The predicted molar refractivity (Wildman–Crippen MR) is 141 cm³/mol. The Bertz CT molecular complexity index is 1180. The van der Waals surface area contributed by atoms with Crippen LogP contribution in [0.2, 0.25) is 0 Å². The summed E-state index contributed by atoms with van der Waals surface area (Å²) in [6.07, 6.45) is 0. The predicted octanol–water partition coefficient (Wildman–Crippen LogP) is 3.76. The number of likely N-dealkylation sites (tertiary alicyclic amines) is 1. The van der Waals surface area contributed by atoms with Crippen molar-refractivity contribution in [3.05, 3.63) is 64.7 Å². The molecule has 2 heterocycles. The maximum atomic E-state index is 13.4. The average Bonchev–Trinajstić information content (AvgIpc) is 3.16. The van der Waals surface area contributed by atoms with Crippen LogP contribution in [0.5, 0.6) is 11.5 Å². The molecule has 198 valence electrons. The molecule has 1 amide bonds. The van der Waals surface area contributed by atoms with E-state index in [9.17, 15) is 14.7 Å². The minimum absolute atomic E-state index is 0.0453. The van der Waals surface area contributed by atoms with Crippen LogP contribution in [-0.4, -0.2) is 80.2 Å². The van der Waals surface area contributed by atoms with E-state index >= 15 is 0 Å². The van der Waals surface area contributed by atoms with Crippen molar-refractivity contribution in [1.82, 2.24) is 9.80 Å². The van der Waals surface area contributed by atoms with Gasteiger partial charge < -0.3 is 24.2 Å². The van der Waals surface area contributed by atoms with Crippen molar-refractivity contribution in [3.63, 3.8) is 0 Å². The van der Waals surface area contributed by atoms with Crippen molar-refractivity contribution in [2.45, 2.75) is 32.2 Å². The number of hydrogen-bond donors (Lipinski definition) is 1. The summed E-state index contributed by atoms with van der Waals surface area (Å²) in [5, 5.41) is 11.4. The van der Waals surface area contributed by atoms with E-state index in [1.165, 1.54) is 14.2 Å². The highest BCUT2D eigenvalue weighted by atomic mass is 16.5. The zero-order valence-corrected chi connectivity index (χ0v) is 22.2. The van der Waals surface area contributed by atoms with E-state index in [0.717, 1.165) is 24.2 Å². The zero-order valence-electron chi connectivity index (χ0n) is 22.2. The molecule has 2 saturated heterocycles. The van der Waals surface area contributed by atoms with E-state index in [1.54, 1.807) is 23.1 Å². The number of nitrogens with zero attached hydrogens (tertiary/aromatic N) is 2. The van der Waals surface area contributed by atoms with E-state index < -0.39 is 17.7 Å². The SMILES string of the molecule is COc1ccc(C(O)=C2C(=O)C(=O)N(CCN3CCOCC3)C2c2ccc(C(C)(C)C)cc2)cc1OC. The van der Waals surface area contributed by atoms with Crippen LogP contribution in [0.25, 0.3) is 5.76 Å². The molecule has 0 bridgehead atoms. The molecule has 4 rings (SSSR count). The third-order valence-electron chi connectivity index (χ3n) is 7.05. The third kappa shape index (κ3) is 5.50. The number of Topliss-reactive ketones (excluding diaryl/α,β-unsaturated/α-hetero) is 1. The smallest absolute Gasteiger partial charge is 0.295 e. The number of aliphatic hydroxyl groups excluding tert-OH is 1. The number of carbonyl (C=O) groups excluding carboxylic acids is 2. The van der Waals surface area contributed by atoms with E-state index in [2.05, 4.69) is 25.7 Å². The molecule has 2 aromatic carbocycles. The number of methoxy groups -OCH3 is 2. The molecule has 37 heavy (non-hydrogen) atoms. The average molecular weight is 509 g/mol. The van der Waals surface area contributed by atoms with Crippen molar-refractivity contribution in [2.75, 3.05) is 53.6 Å². The largest absolute Gasteiger partial charge is 0.507 e. The number of rotatable bonds is 7. The first-order chi connectivity index (χ1) is 17.7. The van der Waals surface area contributed by atoms with E-state index in [4.69, 9.17) is 14.2 Å². The standard InChI is InChI=1S/C29H36N2O6/c1-29(2,3)21-9-6-19(7-10-21)25-24(26(32)20-8-11-22(35-4)23(18-20)36-5)27(33)28(34)31(25)13-12-30-14-16-37-17-15-30/h6-11,18,25,32H,12-17H2,1-5H3. The molecule has 1 unspecified atom stereocenters. The lowest BCUT2D eigenvalue weighted by Crippen LogP contribution is -2.42. The van der Waals surface area contributed by atoms with Gasteiger partial charge in [-0.25, -0.2) is 0 Å². The van der Waals surface area contributed by atoms with Gasteiger partial charge in [-0.1, -0.05) is 45.0 Å². The quantitative estimate of drug-likeness (QED) is 0.346. The molecule has 0 saturated carbocycles. The van der Waals surface area contributed by atoms with Gasteiger partial charge in [0.25, 0.3) is 11.7 Å². The highest BCUT2D eigenvalue weighted by Crippen LogP contribution is 2.41. The summed E-state index contributed by atoms with van der Waals surface area (Å²) in [5.74, 6) is -0.629. The number of ketones is 1. The molecule has 2 aliphatic heterocycles. The van der Waals surface area contributed by atoms with Crippen LogP contribution in [0.15, 0.2) is 48.0 Å². The van der Waals surface area contributed by atoms with Gasteiger partial charge in [0.05, 0.1) is 39.0 Å². The highest BCUT2D eigenvalue weighted by molar-refractivity contribution is 6.46. The lowest BCUT2D eigenvalue weighted by atomic mass is 9.85. The molecule has 8 nitrogen and oxygen atoms in total. The van der Waals surface area contributed by atoms with Crippen LogP contribution in [0.3, 0.4) is 0 Å². The summed E-state index contributed by atoms with van der Waals surface area (Å²) in [7, 11) is 3.03. The van der Waals surface area contributed by atoms with Crippen molar-refractivity contribution in [2.24, 2.45) is 0 Å². The van der Waals surface area contributed by atoms with Gasteiger partial charge in [0.2, 0.25) is 0 Å². The second-order valence-electron chi connectivity index (χ2n) is 10.4. The van der Waals surface area contributed by atoms with Crippen LogP contribution >= 0.6 is 0 Å². The number of hydrogen-bond acceptors (Lipinski definition) is 7. The highest BCUT2D eigenvalue weighted by Gasteiger charge is 2.46. The third-order valence-corrected chi connectivity index (χ3v) is 7.05. The molecule has 0 radical (unpaired) electrons. The molecule has 2 fully saturated rings. The Kier molecular flexibility index (Phi) is 7.90. The number of morpholine rings is 1. The van der Waals surface area contributed by atoms with Crippen LogP contribution in [-0.2, 0) is 19.7 Å². The van der Waals surface area contributed by atoms with Crippen LogP contribution < -0.4 is 9.47 Å². The first-order valence-corrected chi connectivity index (χ1v) is 12.6. The van der Waals surface area contributed by atoms with E-state index in [0.29, 0.717) is 43.4 Å². The van der Waals surface area contributed by atoms with Crippen LogP contribution in [0, 0.1) is 0 Å². The molecule has 1 atom stereocenters. The second-order valence-corrected chi connectivity index (χ2v) is 10.4. The number of benzene rings is 2. The number of carbonyl (C=O) groups is 2. The van der Waals surface area contributed by atoms with Gasteiger partial charge in [-0.15, -0.1) is 0 Å². The Morgan fingerprint density at radius 1 is 0.973 bits per heavy atom. The topological polar surface area (TPSA) is 88.5 Å². The molecule has 2 aromatic rings. The summed E-state index contributed by atoms with van der Waals surface area (Å²) in [4.78, 5) is 30.5. The normalized spacial score (nSPS) is 20.4. The monoisotopic (exact) mass is 508 g/mol. The minimum Gasteiger partial charge on any atom is -0.507 e. The molecular weight excluding hydrogens is 472 g/mol. The summed E-state index contributed by atoms with van der Waals surface area (Å²) in [6.45, 7) is 10.2. The Hall–Kier alpha value is -3.36. The second kappa shape index (κ2) is 10.9. The van der Waals surface area contributed by atoms with Gasteiger partial charge >= 0.3 is 0 Å². The molecule has 0 aromatic heterocycles. The van der Waals surface area contributed by atoms with Gasteiger partial charge in [-0.3, -0.25) is 14.5 Å².